The molecule has 1 aromatic heterocycles. The third-order valence-corrected chi connectivity index (χ3v) is 3.67. The van der Waals surface area contributed by atoms with E-state index in [4.69, 9.17) is 10.3 Å². The average Bonchev–Trinajstić information content (AvgIpc) is 2.92. The first kappa shape index (κ1) is 9.77. The molecule has 3 unspecified atom stereocenters. The fourth-order valence-electron chi connectivity index (χ4n) is 2.92. The van der Waals surface area contributed by atoms with Gasteiger partial charge in [-0.05, 0) is 31.2 Å². The molecule has 3 atom stereocenters. The van der Waals surface area contributed by atoms with Gasteiger partial charge in [0.05, 0.1) is 6.04 Å². The van der Waals surface area contributed by atoms with Crippen LogP contribution >= 0.6 is 0 Å². The zero-order valence-electron chi connectivity index (χ0n) is 8.85. The summed E-state index contributed by atoms with van der Waals surface area (Å²) in [7, 11) is 0. The molecular formula is C10H14N4O2. The van der Waals surface area contributed by atoms with E-state index in [1.54, 1.807) is 0 Å². The van der Waals surface area contributed by atoms with E-state index in [1.165, 1.54) is 19.3 Å². The summed E-state index contributed by atoms with van der Waals surface area (Å²) in [6.07, 6.45) is 3.73. The van der Waals surface area contributed by atoms with Crippen molar-refractivity contribution in [1.82, 2.24) is 15.5 Å². The third-order valence-electron chi connectivity index (χ3n) is 3.67. The van der Waals surface area contributed by atoms with Crippen molar-refractivity contribution >= 4 is 5.91 Å². The summed E-state index contributed by atoms with van der Waals surface area (Å²) < 4.78 is 5.09. The molecule has 1 amide bonds. The summed E-state index contributed by atoms with van der Waals surface area (Å²) in [6, 6.07) is 0.105. The highest BCUT2D eigenvalue weighted by Crippen LogP contribution is 2.43. The van der Waals surface area contributed by atoms with Crippen LogP contribution in [-0.4, -0.2) is 22.6 Å². The molecule has 16 heavy (non-hydrogen) atoms. The highest BCUT2D eigenvalue weighted by Gasteiger charge is 2.42. The number of nitrogens with zero attached hydrogens (tertiary/aromatic N) is 2. The highest BCUT2D eigenvalue weighted by molar-refractivity contribution is 5.88. The minimum absolute atomic E-state index is 0.0294. The number of nitrogens with one attached hydrogen (secondary N) is 1. The Bertz CT molecular complexity index is 417. The predicted molar refractivity (Wildman–Crippen MR) is 54.4 cm³/mol. The number of aromatic nitrogens is 2. The summed E-state index contributed by atoms with van der Waals surface area (Å²) in [4.78, 5) is 14.9. The minimum Gasteiger partial charge on any atom is -0.363 e. The zero-order valence-corrected chi connectivity index (χ0v) is 8.85. The molecule has 0 bridgehead atoms. The van der Waals surface area contributed by atoms with Crippen LogP contribution in [0.2, 0.25) is 0 Å². The number of carbonyl (C=O) groups excluding carboxylic acids is 1. The Labute approximate surface area is 92.6 Å². The lowest BCUT2D eigenvalue weighted by Crippen LogP contribution is -2.19. The van der Waals surface area contributed by atoms with Crippen molar-refractivity contribution < 1.29 is 9.32 Å². The number of fused-ring (bicyclic) bond motifs is 1. The number of hydrogen-bond donors (Lipinski definition) is 2. The Morgan fingerprint density at radius 1 is 1.50 bits per heavy atom. The molecule has 1 aromatic rings. The van der Waals surface area contributed by atoms with Crippen molar-refractivity contribution in [1.29, 1.82) is 0 Å². The number of hydrogen-bond acceptors (Lipinski definition) is 5. The van der Waals surface area contributed by atoms with Gasteiger partial charge >= 0.3 is 0 Å². The van der Waals surface area contributed by atoms with Crippen LogP contribution in [0.1, 0.15) is 41.8 Å². The van der Waals surface area contributed by atoms with E-state index in [9.17, 15) is 4.79 Å². The maximum absolute atomic E-state index is 10.9. The Hall–Kier alpha value is -1.43. The first-order chi connectivity index (χ1) is 7.75. The molecule has 1 aliphatic heterocycles. The predicted octanol–water partition coefficient (Wildman–Crippen LogP) is 0.229. The van der Waals surface area contributed by atoms with E-state index in [0.29, 0.717) is 17.7 Å². The molecule has 1 saturated heterocycles. The Balaban J connectivity index is 1.83. The van der Waals surface area contributed by atoms with Gasteiger partial charge in [0, 0.05) is 0 Å². The first-order valence-corrected chi connectivity index (χ1v) is 5.62. The molecule has 1 saturated carbocycles. The average molecular weight is 222 g/mol. The van der Waals surface area contributed by atoms with Gasteiger partial charge in [0.25, 0.3) is 11.7 Å². The van der Waals surface area contributed by atoms with Crippen molar-refractivity contribution in [2.75, 3.05) is 6.54 Å². The molecule has 2 aliphatic rings. The highest BCUT2D eigenvalue weighted by atomic mass is 16.5. The van der Waals surface area contributed by atoms with Gasteiger partial charge in [0.15, 0.2) is 0 Å². The van der Waals surface area contributed by atoms with E-state index < -0.39 is 5.91 Å². The lowest BCUT2D eigenvalue weighted by molar-refractivity contribution is 0.0987. The van der Waals surface area contributed by atoms with Crippen molar-refractivity contribution in [2.45, 2.75) is 25.3 Å². The summed E-state index contributed by atoms with van der Waals surface area (Å²) >= 11 is 0. The van der Waals surface area contributed by atoms with Crippen LogP contribution in [0, 0.1) is 11.8 Å². The van der Waals surface area contributed by atoms with Gasteiger partial charge in [-0.25, -0.2) is 0 Å². The van der Waals surface area contributed by atoms with Gasteiger partial charge in [-0.15, -0.1) is 0 Å². The van der Waals surface area contributed by atoms with E-state index in [-0.39, 0.29) is 11.9 Å². The lowest BCUT2D eigenvalue weighted by Gasteiger charge is -2.13. The number of nitrogens with two attached hydrogens (primary N) is 1. The molecular weight excluding hydrogens is 208 g/mol. The Morgan fingerprint density at radius 2 is 2.38 bits per heavy atom. The van der Waals surface area contributed by atoms with Crippen molar-refractivity contribution in [2.24, 2.45) is 17.6 Å². The summed E-state index contributed by atoms with van der Waals surface area (Å²) in [5.74, 6) is 1.12. The molecule has 3 rings (SSSR count). The van der Waals surface area contributed by atoms with Crippen molar-refractivity contribution in [3.63, 3.8) is 0 Å². The van der Waals surface area contributed by atoms with Gasteiger partial charge in [-0.1, -0.05) is 11.6 Å². The second-order valence-corrected chi connectivity index (χ2v) is 4.56. The molecule has 1 aliphatic carbocycles. The van der Waals surface area contributed by atoms with Gasteiger partial charge in [0.2, 0.25) is 5.89 Å². The monoisotopic (exact) mass is 222 g/mol. The number of rotatable bonds is 2. The van der Waals surface area contributed by atoms with Crippen LogP contribution in [0.25, 0.3) is 0 Å². The van der Waals surface area contributed by atoms with Gasteiger partial charge in [-0.3, -0.25) is 4.79 Å². The van der Waals surface area contributed by atoms with Crippen LogP contribution in [0.5, 0.6) is 0 Å². The second kappa shape index (κ2) is 3.55. The van der Waals surface area contributed by atoms with Crippen LogP contribution in [0.3, 0.4) is 0 Å². The fourth-order valence-corrected chi connectivity index (χ4v) is 2.92. The Morgan fingerprint density at radius 3 is 3.12 bits per heavy atom. The third kappa shape index (κ3) is 1.41. The van der Waals surface area contributed by atoms with E-state index in [1.807, 2.05) is 0 Å². The normalized spacial score (nSPS) is 32.9. The van der Waals surface area contributed by atoms with E-state index >= 15 is 0 Å². The van der Waals surface area contributed by atoms with Crippen LogP contribution in [0.15, 0.2) is 4.52 Å². The second-order valence-electron chi connectivity index (χ2n) is 4.56. The lowest BCUT2D eigenvalue weighted by atomic mass is 9.94. The van der Waals surface area contributed by atoms with Crippen LogP contribution in [-0.2, 0) is 0 Å². The molecule has 6 heteroatoms. The molecule has 3 N–H and O–H groups in total. The molecule has 86 valence electrons. The molecule has 2 heterocycles. The van der Waals surface area contributed by atoms with E-state index in [2.05, 4.69) is 15.5 Å². The number of carbonyl (C=O) groups is 1. The smallest absolute Gasteiger partial charge is 0.290 e. The summed E-state index contributed by atoms with van der Waals surface area (Å²) in [5, 5.41) is 6.95. The molecule has 2 fully saturated rings. The summed E-state index contributed by atoms with van der Waals surface area (Å²) in [5.41, 5.74) is 5.09. The van der Waals surface area contributed by atoms with Gasteiger partial charge < -0.3 is 15.6 Å². The van der Waals surface area contributed by atoms with Gasteiger partial charge in [-0.2, -0.15) is 4.98 Å². The number of amides is 1. The van der Waals surface area contributed by atoms with Crippen molar-refractivity contribution in [3.8, 4) is 0 Å². The molecule has 0 spiro atoms. The maximum atomic E-state index is 10.9. The van der Waals surface area contributed by atoms with E-state index in [0.717, 1.165) is 6.54 Å². The molecule has 0 aromatic carbocycles. The fraction of sp³-hybridized carbons (Fsp3) is 0.700. The largest absolute Gasteiger partial charge is 0.363 e. The van der Waals surface area contributed by atoms with Crippen LogP contribution < -0.4 is 11.1 Å². The molecule has 6 nitrogen and oxygen atoms in total. The quantitative estimate of drug-likeness (QED) is 0.747. The zero-order chi connectivity index (χ0) is 11.1. The molecule has 0 radical (unpaired) electrons. The van der Waals surface area contributed by atoms with Gasteiger partial charge in [0.1, 0.15) is 0 Å². The Kier molecular flexibility index (Phi) is 2.17. The van der Waals surface area contributed by atoms with Crippen LogP contribution in [0.4, 0.5) is 0 Å². The van der Waals surface area contributed by atoms with Crippen molar-refractivity contribution in [3.05, 3.63) is 11.7 Å². The standard InChI is InChI=1S/C10H14N4O2/c11-8(15)9-13-10(16-14-9)7-6-3-1-2-5(6)4-12-7/h5-7,12H,1-4H2,(H2,11,15). The SMILES string of the molecule is NC(=O)c1noc(C2NCC3CCCC32)n1. The topological polar surface area (TPSA) is 94.0 Å². The number of primary amides is 1. The first-order valence-electron chi connectivity index (χ1n) is 5.62. The summed E-state index contributed by atoms with van der Waals surface area (Å²) in [6.45, 7) is 1.00. The minimum atomic E-state index is -0.643. The maximum Gasteiger partial charge on any atom is 0.290 e.